The SMILES string of the molecule is CC(=O)c1c(C)c(C(=O)O)c(-c2csc(C)n2)c(C(=O)O)c1-c1cccc(F)c1. The van der Waals surface area contributed by atoms with Gasteiger partial charge >= 0.3 is 11.9 Å². The lowest BCUT2D eigenvalue weighted by Gasteiger charge is -2.20. The zero-order chi connectivity index (χ0) is 21.5. The Hall–Kier alpha value is -3.39. The third-order valence-corrected chi connectivity index (χ3v) is 5.29. The van der Waals surface area contributed by atoms with Crippen molar-refractivity contribution >= 4 is 29.1 Å². The van der Waals surface area contributed by atoms with E-state index in [1.807, 2.05) is 0 Å². The summed E-state index contributed by atoms with van der Waals surface area (Å²) in [6, 6.07) is 5.19. The van der Waals surface area contributed by atoms with Gasteiger partial charge in [0.25, 0.3) is 0 Å². The van der Waals surface area contributed by atoms with Crippen molar-refractivity contribution < 1.29 is 29.0 Å². The van der Waals surface area contributed by atoms with Gasteiger partial charge in [-0.3, -0.25) is 4.79 Å². The molecule has 0 radical (unpaired) electrons. The van der Waals surface area contributed by atoms with Gasteiger partial charge in [0, 0.05) is 22.1 Å². The molecule has 1 aromatic heterocycles. The minimum absolute atomic E-state index is 0.0207. The van der Waals surface area contributed by atoms with Crippen LogP contribution in [0.3, 0.4) is 0 Å². The maximum absolute atomic E-state index is 13.9. The van der Waals surface area contributed by atoms with Crippen LogP contribution in [0, 0.1) is 19.7 Å². The monoisotopic (exact) mass is 413 g/mol. The van der Waals surface area contributed by atoms with Gasteiger partial charge in [0.1, 0.15) is 5.82 Å². The fourth-order valence-electron chi connectivity index (χ4n) is 3.46. The van der Waals surface area contributed by atoms with Crippen LogP contribution in [0.1, 0.15) is 48.6 Å². The number of rotatable bonds is 5. The molecule has 0 atom stereocenters. The molecule has 3 rings (SSSR count). The van der Waals surface area contributed by atoms with E-state index in [0.29, 0.717) is 5.01 Å². The maximum Gasteiger partial charge on any atom is 0.337 e. The van der Waals surface area contributed by atoms with E-state index in [-0.39, 0.29) is 39.1 Å². The number of thiazole rings is 1. The smallest absolute Gasteiger partial charge is 0.337 e. The Morgan fingerprint density at radius 3 is 2.14 bits per heavy atom. The van der Waals surface area contributed by atoms with E-state index in [1.54, 1.807) is 12.3 Å². The molecule has 2 aromatic carbocycles. The van der Waals surface area contributed by atoms with Gasteiger partial charge in [-0.15, -0.1) is 11.3 Å². The lowest BCUT2D eigenvalue weighted by Crippen LogP contribution is -2.16. The van der Waals surface area contributed by atoms with Crippen molar-refractivity contribution in [1.82, 2.24) is 4.98 Å². The molecule has 3 aromatic rings. The topological polar surface area (TPSA) is 105 Å². The van der Waals surface area contributed by atoms with Gasteiger partial charge in [-0.2, -0.15) is 0 Å². The Balaban J connectivity index is 2.63. The highest BCUT2D eigenvalue weighted by atomic mass is 32.1. The number of benzene rings is 2. The Morgan fingerprint density at radius 2 is 1.66 bits per heavy atom. The first kappa shape index (κ1) is 20.3. The van der Waals surface area contributed by atoms with Gasteiger partial charge in [-0.05, 0) is 44.0 Å². The Bertz CT molecular complexity index is 1180. The van der Waals surface area contributed by atoms with Crippen molar-refractivity contribution in [2.45, 2.75) is 20.8 Å². The molecule has 0 fully saturated rings. The molecule has 6 nitrogen and oxygen atoms in total. The summed E-state index contributed by atoms with van der Waals surface area (Å²) in [6.07, 6.45) is 0. The van der Waals surface area contributed by atoms with Gasteiger partial charge in [-0.1, -0.05) is 12.1 Å². The van der Waals surface area contributed by atoms with Gasteiger partial charge in [-0.25, -0.2) is 19.0 Å². The lowest BCUT2D eigenvalue weighted by atomic mass is 9.82. The standard InChI is InChI=1S/C21H16FNO5S/c1-9-15(10(2)24)17(12-5-4-6-13(22)7-12)19(21(27)28)18(16(9)20(25)26)14-8-29-11(3)23-14/h4-8H,1-3H3,(H,25,26)(H,27,28). The fraction of sp³-hybridized carbons (Fsp3) is 0.143. The van der Waals surface area contributed by atoms with E-state index >= 15 is 0 Å². The summed E-state index contributed by atoms with van der Waals surface area (Å²) in [6.45, 7) is 4.37. The van der Waals surface area contributed by atoms with Crippen molar-refractivity contribution in [3.05, 3.63) is 62.7 Å². The van der Waals surface area contributed by atoms with Crippen LogP contribution in [-0.2, 0) is 0 Å². The third kappa shape index (κ3) is 3.54. The number of carbonyl (C=O) groups is 3. The van der Waals surface area contributed by atoms with E-state index in [2.05, 4.69) is 4.98 Å². The van der Waals surface area contributed by atoms with Crippen molar-refractivity contribution in [1.29, 1.82) is 0 Å². The highest BCUT2D eigenvalue weighted by molar-refractivity contribution is 7.09. The number of ketones is 1. The number of carboxylic acids is 2. The molecule has 0 bridgehead atoms. The third-order valence-electron chi connectivity index (χ3n) is 4.52. The highest BCUT2D eigenvalue weighted by Crippen LogP contribution is 2.41. The number of aryl methyl sites for hydroxylation is 1. The van der Waals surface area contributed by atoms with Crippen LogP contribution >= 0.6 is 11.3 Å². The predicted octanol–water partition coefficient (Wildman–Crippen LogP) is 4.83. The number of carboxylic acid groups (broad SMARTS) is 2. The summed E-state index contributed by atoms with van der Waals surface area (Å²) in [5.74, 6) is -3.94. The van der Waals surface area contributed by atoms with Crippen LogP contribution in [0.25, 0.3) is 22.4 Å². The molecule has 148 valence electrons. The molecule has 0 unspecified atom stereocenters. The van der Waals surface area contributed by atoms with Crippen LogP contribution < -0.4 is 0 Å². The van der Waals surface area contributed by atoms with Crippen LogP contribution in [0.15, 0.2) is 29.6 Å². The minimum atomic E-state index is -1.44. The molecule has 8 heteroatoms. The fourth-order valence-corrected chi connectivity index (χ4v) is 4.07. The maximum atomic E-state index is 13.9. The van der Waals surface area contributed by atoms with Gasteiger partial charge in [0.2, 0.25) is 0 Å². The molecule has 0 saturated carbocycles. The zero-order valence-corrected chi connectivity index (χ0v) is 16.6. The van der Waals surface area contributed by atoms with E-state index in [4.69, 9.17) is 0 Å². The summed E-state index contributed by atoms with van der Waals surface area (Å²) < 4.78 is 13.9. The normalized spacial score (nSPS) is 10.8. The van der Waals surface area contributed by atoms with E-state index in [0.717, 1.165) is 6.07 Å². The number of hydrogen-bond acceptors (Lipinski definition) is 5. The second kappa shape index (κ2) is 7.56. The second-order valence-corrected chi connectivity index (χ2v) is 7.49. The number of aromatic carboxylic acids is 2. The van der Waals surface area contributed by atoms with Crippen molar-refractivity contribution in [3.63, 3.8) is 0 Å². The first-order valence-electron chi connectivity index (χ1n) is 8.50. The summed E-state index contributed by atoms with van der Waals surface area (Å²) in [5, 5.41) is 22.1. The first-order valence-corrected chi connectivity index (χ1v) is 9.38. The second-order valence-electron chi connectivity index (χ2n) is 6.43. The largest absolute Gasteiger partial charge is 0.478 e. The highest BCUT2D eigenvalue weighted by Gasteiger charge is 2.32. The number of Topliss-reactive ketones (excluding diaryl/α,β-unsaturated/α-hetero) is 1. The number of carbonyl (C=O) groups excluding carboxylic acids is 1. The predicted molar refractivity (Wildman–Crippen MR) is 106 cm³/mol. The molecule has 0 aliphatic heterocycles. The van der Waals surface area contributed by atoms with Crippen molar-refractivity contribution in [2.24, 2.45) is 0 Å². The Kier molecular flexibility index (Phi) is 5.30. The first-order chi connectivity index (χ1) is 13.6. The molecule has 0 aliphatic carbocycles. The summed E-state index contributed by atoms with van der Waals surface area (Å²) in [5.41, 5.74) is -0.439. The van der Waals surface area contributed by atoms with E-state index < -0.39 is 29.1 Å². The van der Waals surface area contributed by atoms with Crippen LogP contribution in [-0.4, -0.2) is 32.9 Å². The molecule has 1 heterocycles. The van der Waals surface area contributed by atoms with Crippen LogP contribution in [0.5, 0.6) is 0 Å². The van der Waals surface area contributed by atoms with Crippen LogP contribution in [0.2, 0.25) is 0 Å². The molecule has 0 spiro atoms. The van der Waals surface area contributed by atoms with Crippen molar-refractivity contribution in [2.75, 3.05) is 0 Å². The van der Waals surface area contributed by atoms with Gasteiger partial charge in [0.05, 0.1) is 21.8 Å². The lowest BCUT2D eigenvalue weighted by molar-refractivity contribution is 0.0695. The van der Waals surface area contributed by atoms with Crippen molar-refractivity contribution in [3.8, 4) is 22.4 Å². The average molecular weight is 413 g/mol. The number of aromatic nitrogens is 1. The molecule has 0 saturated heterocycles. The zero-order valence-electron chi connectivity index (χ0n) is 15.7. The Morgan fingerprint density at radius 1 is 1.00 bits per heavy atom. The molecule has 0 amide bonds. The summed E-state index contributed by atoms with van der Waals surface area (Å²) in [4.78, 5) is 41.1. The van der Waals surface area contributed by atoms with Crippen LogP contribution in [0.4, 0.5) is 4.39 Å². The summed E-state index contributed by atoms with van der Waals surface area (Å²) >= 11 is 1.24. The molecule has 2 N–H and O–H groups in total. The molecular weight excluding hydrogens is 397 g/mol. The number of halogens is 1. The Labute approximate surface area is 169 Å². The number of hydrogen-bond donors (Lipinski definition) is 2. The van der Waals surface area contributed by atoms with Gasteiger partial charge in [0.15, 0.2) is 5.78 Å². The molecule has 29 heavy (non-hydrogen) atoms. The van der Waals surface area contributed by atoms with Gasteiger partial charge < -0.3 is 10.2 Å². The van der Waals surface area contributed by atoms with E-state index in [1.165, 1.54) is 43.4 Å². The number of nitrogens with zero attached hydrogens (tertiary/aromatic N) is 1. The minimum Gasteiger partial charge on any atom is -0.478 e. The quantitative estimate of drug-likeness (QED) is 0.581. The molecular formula is C21H16FNO5S. The molecule has 0 aliphatic rings. The average Bonchev–Trinajstić information content (AvgIpc) is 3.05. The van der Waals surface area contributed by atoms with E-state index in [9.17, 15) is 29.0 Å². The summed E-state index contributed by atoms with van der Waals surface area (Å²) in [7, 11) is 0.